The predicted molar refractivity (Wildman–Crippen MR) is 33.9 cm³/mol. The average molecular weight is 132 g/mol. The molecular formula is C7H13FO. The van der Waals surface area contributed by atoms with E-state index in [9.17, 15) is 4.39 Å². The van der Waals surface area contributed by atoms with Gasteiger partial charge in [0.05, 0.1) is 0 Å². The van der Waals surface area contributed by atoms with Crippen LogP contribution in [0.4, 0.5) is 4.39 Å². The summed E-state index contributed by atoms with van der Waals surface area (Å²) in [7, 11) is 0. The molecule has 54 valence electrons. The van der Waals surface area contributed by atoms with E-state index in [0.29, 0.717) is 24.7 Å². The van der Waals surface area contributed by atoms with Crippen LogP contribution in [0, 0.1) is 11.8 Å². The fourth-order valence-corrected chi connectivity index (χ4v) is 1.20. The molecule has 1 atom stereocenters. The molecule has 0 amide bonds. The average Bonchev–Trinajstić information content (AvgIpc) is 1.79. The van der Waals surface area contributed by atoms with Gasteiger partial charge in [-0.2, -0.15) is 0 Å². The fourth-order valence-electron chi connectivity index (χ4n) is 1.20. The summed E-state index contributed by atoms with van der Waals surface area (Å²) in [6, 6.07) is 0. The van der Waals surface area contributed by atoms with Crippen LogP contribution in [0.3, 0.4) is 0 Å². The molecule has 1 fully saturated rings. The van der Waals surface area contributed by atoms with E-state index >= 15 is 0 Å². The second-order valence-corrected chi connectivity index (χ2v) is 2.99. The van der Waals surface area contributed by atoms with Crippen molar-refractivity contribution in [3.63, 3.8) is 0 Å². The van der Waals surface area contributed by atoms with Crippen molar-refractivity contribution in [3.05, 3.63) is 0 Å². The van der Waals surface area contributed by atoms with Gasteiger partial charge in [-0.1, -0.05) is 6.92 Å². The van der Waals surface area contributed by atoms with Crippen LogP contribution < -0.4 is 0 Å². The van der Waals surface area contributed by atoms with Crippen molar-refractivity contribution in [2.24, 2.45) is 11.8 Å². The molecular weight excluding hydrogens is 119 g/mol. The topological polar surface area (TPSA) is 20.2 Å². The number of halogens is 1. The number of alkyl halides is 1. The van der Waals surface area contributed by atoms with E-state index in [2.05, 4.69) is 0 Å². The minimum absolute atomic E-state index is 0.206. The van der Waals surface area contributed by atoms with Crippen molar-refractivity contribution >= 4 is 0 Å². The highest BCUT2D eigenvalue weighted by Gasteiger charge is 2.32. The Labute approximate surface area is 54.9 Å². The van der Waals surface area contributed by atoms with Crippen LogP contribution in [-0.4, -0.2) is 17.9 Å². The molecule has 1 saturated carbocycles. The maximum Gasteiger partial charge on any atom is 0.101 e. The summed E-state index contributed by atoms with van der Waals surface area (Å²) in [5.74, 6) is 0.752. The summed E-state index contributed by atoms with van der Waals surface area (Å²) < 4.78 is 12.2. The first-order valence-corrected chi connectivity index (χ1v) is 3.49. The molecule has 1 nitrogen and oxygen atoms in total. The van der Waals surface area contributed by atoms with Gasteiger partial charge in [0, 0.05) is 6.61 Å². The highest BCUT2D eigenvalue weighted by molar-refractivity contribution is 4.82. The lowest BCUT2D eigenvalue weighted by atomic mass is 9.76. The molecule has 1 aliphatic rings. The molecule has 0 aromatic carbocycles. The van der Waals surface area contributed by atoms with Gasteiger partial charge in [-0.25, -0.2) is 4.39 Å². The summed E-state index contributed by atoms with van der Waals surface area (Å²) in [4.78, 5) is 0. The molecule has 0 radical (unpaired) electrons. The van der Waals surface area contributed by atoms with Gasteiger partial charge in [-0.05, 0) is 24.7 Å². The monoisotopic (exact) mass is 132 g/mol. The van der Waals surface area contributed by atoms with E-state index in [-0.39, 0.29) is 6.61 Å². The van der Waals surface area contributed by atoms with E-state index in [1.165, 1.54) is 0 Å². The first-order valence-electron chi connectivity index (χ1n) is 3.49. The smallest absolute Gasteiger partial charge is 0.101 e. The number of rotatable bonds is 2. The van der Waals surface area contributed by atoms with Crippen LogP contribution in [0.15, 0.2) is 0 Å². The van der Waals surface area contributed by atoms with Crippen molar-refractivity contribution < 1.29 is 9.50 Å². The molecule has 0 unspecified atom stereocenters. The van der Waals surface area contributed by atoms with Crippen molar-refractivity contribution in [1.82, 2.24) is 0 Å². The van der Waals surface area contributed by atoms with E-state index in [1.54, 1.807) is 0 Å². The first-order chi connectivity index (χ1) is 4.24. The minimum atomic E-state index is -0.580. The molecule has 0 aromatic heterocycles. The zero-order valence-corrected chi connectivity index (χ0v) is 5.68. The van der Waals surface area contributed by atoms with Crippen LogP contribution >= 0.6 is 0 Å². The van der Waals surface area contributed by atoms with E-state index in [0.717, 1.165) is 0 Å². The van der Waals surface area contributed by atoms with Crippen molar-refractivity contribution in [2.75, 3.05) is 6.61 Å². The molecule has 1 rings (SSSR count). The third-order valence-corrected chi connectivity index (χ3v) is 2.21. The van der Waals surface area contributed by atoms with Crippen molar-refractivity contribution in [2.45, 2.75) is 25.9 Å². The quantitative estimate of drug-likeness (QED) is 0.601. The Balaban J connectivity index is 2.15. The standard InChI is InChI=1S/C7H13FO/c1-5(4-9)6-2-7(8)3-6/h5-7,9H,2-4H2,1H3/t5-,6?,7?/m0/s1. The van der Waals surface area contributed by atoms with Crippen LogP contribution in [0.1, 0.15) is 19.8 Å². The Morgan fingerprint density at radius 3 is 2.56 bits per heavy atom. The summed E-state index contributed by atoms with van der Waals surface area (Å²) in [5.41, 5.74) is 0. The lowest BCUT2D eigenvalue weighted by Crippen LogP contribution is -2.31. The van der Waals surface area contributed by atoms with Gasteiger partial charge in [0.15, 0.2) is 0 Å². The molecule has 1 N–H and O–H groups in total. The molecule has 0 bridgehead atoms. The molecule has 0 spiro atoms. The van der Waals surface area contributed by atoms with Gasteiger partial charge >= 0.3 is 0 Å². The van der Waals surface area contributed by atoms with Crippen LogP contribution in [-0.2, 0) is 0 Å². The maximum atomic E-state index is 12.2. The van der Waals surface area contributed by atoms with Gasteiger partial charge in [0.2, 0.25) is 0 Å². The summed E-state index contributed by atoms with van der Waals surface area (Å²) in [6.07, 6.45) is 0.757. The molecule has 0 aromatic rings. The molecule has 0 saturated heterocycles. The molecule has 9 heavy (non-hydrogen) atoms. The fraction of sp³-hybridized carbons (Fsp3) is 1.00. The predicted octanol–water partition coefficient (Wildman–Crippen LogP) is 1.36. The van der Waals surface area contributed by atoms with E-state index in [4.69, 9.17) is 5.11 Å². The Morgan fingerprint density at radius 2 is 2.22 bits per heavy atom. The van der Waals surface area contributed by atoms with Crippen LogP contribution in [0.5, 0.6) is 0 Å². The second-order valence-electron chi connectivity index (χ2n) is 2.99. The summed E-state index contributed by atoms with van der Waals surface area (Å²) >= 11 is 0. The van der Waals surface area contributed by atoms with Gasteiger partial charge < -0.3 is 5.11 Å². The molecule has 1 aliphatic carbocycles. The van der Waals surface area contributed by atoms with Crippen molar-refractivity contribution in [1.29, 1.82) is 0 Å². The van der Waals surface area contributed by atoms with Crippen LogP contribution in [0.25, 0.3) is 0 Å². The Hall–Kier alpha value is -0.110. The minimum Gasteiger partial charge on any atom is -0.396 e. The van der Waals surface area contributed by atoms with Crippen LogP contribution in [0.2, 0.25) is 0 Å². The van der Waals surface area contributed by atoms with Gasteiger partial charge in [0.1, 0.15) is 6.17 Å². The Bertz CT molecular complexity index is 88.9. The number of hydrogen-bond acceptors (Lipinski definition) is 1. The van der Waals surface area contributed by atoms with E-state index < -0.39 is 6.17 Å². The Morgan fingerprint density at radius 1 is 1.67 bits per heavy atom. The number of aliphatic hydroxyl groups excluding tert-OH is 1. The normalized spacial score (nSPS) is 37.7. The largest absolute Gasteiger partial charge is 0.396 e. The van der Waals surface area contributed by atoms with E-state index in [1.807, 2.05) is 6.92 Å². The lowest BCUT2D eigenvalue weighted by molar-refractivity contribution is 0.0618. The molecule has 2 heteroatoms. The maximum absolute atomic E-state index is 12.2. The molecule has 0 heterocycles. The van der Waals surface area contributed by atoms with Gasteiger partial charge in [-0.15, -0.1) is 0 Å². The van der Waals surface area contributed by atoms with Crippen molar-refractivity contribution in [3.8, 4) is 0 Å². The molecule has 0 aliphatic heterocycles. The number of aliphatic hydroxyl groups is 1. The van der Waals surface area contributed by atoms with Gasteiger partial charge in [-0.3, -0.25) is 0 Å². The number of hydrogen-bond donors (Lipinski definition) is 1. The third kappa shape index (κ3) is 1.42. The highest BCUT2D eigenvalue weighted by Crippen LogP contribution is 2.35. The van der Waals surface area contributed by atoms with Gasteiger partial charge in [0.25, 0.3) is 0 Å². The lowest BCUT2D eigenvalue weighted by Gasteiger charge is -2.33. The first kappa shape index (κ1) is 7.00. The third-order valence-electron chi connectivity index (χ3n) is 2.21. The second kappa shape index (κ2) is 2.65. The SMILES string of the molecule is C[C@@H](CO)C1CC(F)C1. The zero-order valence-electron chi connectivity index (χ0n) is 5.68. The summed E-state index contributed by atoms with van der Waals surface area (Å²) in [5, 5.41) is 8.63. The zero-order chi connectivity index (χ0) is 6.85. The highest BCUT2D eigenvalue weighted by atomic mass is 19.1. The summed E-state index contributed by atoms with van der Waals surface area (Å²) in [6.45, 7) is 2.17. The Kier molecular flexibility index (Phi) is 2.06.